The molecule has 2 saturated heterocycles. The van der Waals surface area contributed by atoms with Crippen LogP contribution in [0.5, 0.6) is 0 Å². The second-order valence-electron chi connectivity index (χ2n) is 7.06. The zero-order valence-corrected chi connectivity index (χ0v) is 14.2. The highest BCUT2D eigenvalue weighted by Gasteiger charge is 2.27. The van der Waals surface area contributed by atoms with Gasteiger partial charge in [0.05, 0.1) is 13.2 Å². The van der Waals surface area contributed by atoms with Crippen LogP contribution in [0, 0.1) is 12.8 Å². The van der Waals surface area contributed by atoms with Gasteiger partial charge < -0.3 is 9.64 Å². The van der Waals surface area contributed by atoms with Gasteiger partial charge in [-0.2, -0.15) is 0 Å². The highest BCUT2D eigenvalue weighted by atomic mass is 16.5. The molecule has 0 spiro atoms. The zero-order chi connectivity index (χ0) is 15.5. The fourth-order valence-electron chi connectivity index (χ4n) is 3.77. The number of pyridine rings is 1. The van der Waals surface area contributed by atoms with Crippen LogP contribution < -0.4 is 4.90 Å². The van der Waals surface area contributed by atoms with Crippen LogP contribution in [-0.4, -0.2) is 49.3 Å². The van der Waals surface area contributed by atoms with Crippen molar-refractivity contribution in [3.05, 3.63) is 23.4 Å². The van der Waals surface area contributed by atoms with Crippen LogP contribution in [0.2, 0.25) is 0 Å². The molecular formula is C18H29N3O. The van der Waals surface area contributed by atoms with Gasteiger partial charge in [0.1, 0.15) is 5.82 Å². The van der Waals surface area contributed by atoms with Gasteiger partial charge in [-0.05, 0) is 49.4 Å². The Balaban J connectivity index is 1.76. The average Bonchev–Trinajstić information content (AvgIpc) is 2.95. The van der Waals surface area contributed by atoms with E-state index in [-0.39, 0.29) is 0 Å². The van der Waals surface area contributed by atoms with Gasteiger partial charge in [0.2, 0.25) is 0 Å². The summed E-state index contributed by atoms with van der Waals surface area (Å²) in [6.07, 6.45) is 4.69. The van der Waals surface area contributed by atoms with Crippen molar-refractivity contribution >= 4 is 5.82 Å². The van der Waals surface area contributed by atoms with Gasteiger partial charge in [0.15, 0.2) is 0 Å². The van der Waals surface area contributed by atoms with Crippen molar-refractivity contribution in [1.82, 2.24) is 9.88 Å². The summed E-state index contributed by atoms with van der Waals surface area (Å²) < 4.78 is 5.44. The number of nitrogens with zero attached hydrogens (tertiary/aromatic N) is 3. The minimum absolute atomic E-state index is 0.562. The van der Waals surface area contributed by atoms with E-state index in [4.69, 9.17) is 9.72 Å². The Morgan fingerprint density at radius 1 is 1.27 bits per heavy atom. The summed E-state index contributed by atoms with van der Waals surface area (Å²) >= 11 is 0. The highest BCUT2D eigenvalue weighted by Crippen LogP contribution is 2.33. The third-order valence-corrected chi connectivity index (χ3v) is 4.73. The Kier molecular flexibility index (Phi) is 4.99. The summed E-state index contributed by atoms with van der Waals surface area (Å²) in [5, 5.41) is 0. The maximum Gasteiger partial charge on any atom is 0.131 e. The molecule has 0 amide bonds. The molecule has 2 fully saturated rings. The Bertz CT molecular complexity index is 497. The molecule has 4 heteroatoms. The highest BCUT2D eigenvalue weighted by molar-refractivity contribution is 5.48. The number of morpholine rings is 1. The van der Waals surface area contributed by atoms with E-state index in [2.05, 4.69) is 42.8 Å². The molecule has 1 aromatic heterocycles. The molecule has 3 rings (SSSR count). The van der Waals surface area contributed by atoms with E-state index >= 15 is 0 Å². The quantitative estimate of drug-likeness (QED) is 0.855. The van der Waals surface area contributed by atoms with E-state index in [1.807, 2.05) is 0 Å². The molecule has 0 saturated carbocycles. The lowest BCUT2D eigenvalue weighted by Gasteiger charge is -2.30. The summed E-state index contributed by atoms with van der Waals surface area (Å²) in [5.41, 5.74) is 2.70. The molecule has 0 N–H and O–H groups in total. The van der Waals surface area contributed by atoms with Crippen LogP contribution in [0.4, 0.5) is 5.82 Å². The van der Waals surface area contributed by atoms with E-state index in [1.54, 1.807) is 0 Å². The lowest BCUT2D eigenvalue weighted by molar-refractivity contribution is 0.122. The summed E-state index contributed by atoms with van der Waals surface area (Å²) in [5.74, 6) is 1.86. The molecule has 122 valence electrons. The molecule has 0 aliphatic carbocycles. The molecule has 1 atom stereocenters. The second kappa shape index (κ2) is 6.97. The lowest BCUT2D eigenvalue weighted by atomic mass is 10.0. The van der Waals surface area contributed by atoms with Crippen molar-refractivity contribution in [2.75, 3.05) is 44.3 Å². The molecule has 0 aromatic carbocycles. The van der Waals surface area contributed by atoms with E-state index in [0.29, 0.717) is 6.04 Å². The first-order valence-corrected chi connectivity index (χ1v) is 8.68. The van der Waals surface area contributed by atoms with E-state index in [0.717, 1.165) is 38.0 Å². The number of aryl methyl sites for hydroxylation is 1. The molecule has 2 aliphatic heterocycles. The van der Waals surface area contributed by atoms with Gasteiger partial charge in [0, 0.05) is 31.9 Å². The van der Waals surface area contributed by atoms with Crippen molar-refractivity contribution in [2.24, 2.45) is 5.92 Å². The minimum Gasteiger partial charge on any atom is -0.378 e. The van der Waals surface area contributed by atoms with Crippen molar-refractivity contribution in [3.8, 4) is 0 Å². The minimum atomic E-state index is 0.562. The molecule has 0 bridgehead atoms. The first kappa shape index (κ1) is 15.8. The van der Waals surface area contributed by atoms with Crippen LogP contribution in [0.1, 0.15) is 43.9 Å². The molecule has 22 heavy (non-hydrogen) atoms. The average molecular weight is 303 g/mol. The Morgan fingerprint density at radius 3 is 2.73 bits per heavy atom. The third kappa shape index (κ3) is 3.44. The van der Waals surface area contributed by atoms with Crippen molar-refractivity contribution in [3.63, 3.8) is 0 Å². The Hall–Kier alpha value is -1.13. The third-order valence-electron chi connectivity index (χ3n) is 4.73. The van der Waals surface area contributed by atoms with Crippen LogP contribution in [-0.2, 0) is 4.74 Å². The van der Waals surface area contributed by atoms with Gasteiger partial charge >= 0.3 is 0 Å². The Morgan fingerprint density at radius 2 is 2.05 bits per heavy atom. The van der Waals surface area contributed by atoms with Crippen LogP contribution in [0.25, 0.3) is 0 Å². The molecule has 1 unspecified atom stereocenters. The summed E-state index contributed by atoms with van der Waals surface area (Å²) in [4.78, 5) is 9.79. The molecule has 3 heterocycles. The molecule has 1 aromatic rings. The lowest BCUT2D eigenvalue weighted by Crippen LogP contribution is -2.37. The monoisotopic (exact) mass is 303 g/mol. The van der Waals surface area contributed by atoms with Gasteiger partial charge in [-0.15, -0.1) is 0 Å². The van der Waals surface area contributed by atoms with Crippen LogP contribution in [0.15, 0.2) is 12.3 Å². The fraction of sp³-hybridized carbons (Fsp3) is 0.722. The summed E-state index contributed by atoms with van der Waals surface area (Å²) in [6, 6.07) is 2.92. The number of aromatic nitrogens is 1. The van der Waals surface area contributed by atoms with Gasteiger partial charge in [-0.25, -0.2) is 4.98 Å². The maximum atomic E-state index is 5.44. The number of hydrogen-bond acceptors (Lipinski definition) is 4. The molecular weight excluding hydrogens is 274 g/mol. The smallest absolute Gasteiger partial charge is 0.131 e. The standard InChI is InChI=1S/C18H29N3O/c1-14(2)13-21-6-4-5-17(21)16-11-15(3)18(19-12-16)20-7-9-22-10-8-20/h11-12,14,17H,4-10,13H2,1-3H3. The van der Waals surface area contributed by atoms with E-state index in [1.165, 1.54) is 37.1 Å². The van der Waals surface area contributed by atoms with Gasteiger partial charge in [-0.1, -0.05) is 13.8 Å². The zero-order valence-electron chi connectivity index (χ0n) is 14.2. The van der Waals surface area contributed by atoms with Crippen LogP contribution in [0.3, 0.4) is 0 Å². The number of rotatable bonds is 4. The predicted molar refractivity (Wildman–Crippen MR) is 90.4 cm³/mol. The normalized spacial score (nSPS) is 23.5. The number of hydrogen-bond donors (Lipinski definition) is 0. The first-order valence-electron chi connectivity index (χ1n) is 8.68. The second-order valence-corrected chi connectivity index (χ2v) is 7.06. The topological polar surface area (TPSA) is 28.6 Å². The van der Waals surface area contributed by atoms with Crippen molar-refractivity contribution in [2.45, 2.75) is 39.7 Å². The number of ether oxygens (including phenoxy) is 1. The van der Waals surface area contributed by atoms with E-state index < -0.39 is 0 Å². The Labute approximate surface area is 134 Å². The molecule has 4 nitrogen and oxygen atoms in total. The van der Waals surface area contributed by atoms with Gasteiger partial charge in [0.25, 0.3) is 0 Å². The largest absolute Gasteiger partial charge is 0.378 e. The fourth-order valence-corrected chi connectivity index (χ4v) is 3.77. The maximum absolute atomic E-state index is 5.44. The van der Waals surface area contributed by atoms with E-state index in [9.17, 15) is 0 Å². The van der Waals surface area contributed by atoms with Crippen molar-refractivity contribution in [1.29, 1.82) is 0 Å². The molecule has 0 radical (unpaired) electrons. The van der Waals surface area contributed by atoms with Crippen LogP contribution >= 0.6 is 0 Å². The molecule has 2 aliphatic rings. The van der Waals surface area contributed by atoms with Gasteiger partial charge in [-0.3, -0.25) is 4.90 Å². The number of likely N-dealkylation sites (tertiary alicyclic amines) is 1. The first-order chi connectivity index (χ1) is 10.6. The predicted octanol–water partition coefficient (Wildman–Crippen LogP) is 3.02. The number of anilines is 1. The summed E-state index contributed by atoms with van der Waals surface area (Å²) in [7, 11) is 0. The summed E-state index contributed by atoms with van der Waals surface area (Å²) in [6.45, 7) is 12.8. The SMILES string of the molecule is Cc1cc(C2CCCN2CC(C)C)cnc1N1CCOCC1. The van der Waals surface area contributed by atoms with Crippen molar-refractivity contribution < 1.29 is 4.74 Å².